The summed E-state index contributed by atoms with van der Waals surface area (Å²) in [5.74, 6) is 0.321. The van der Waals surface area contributed by atoms with E-state index in [1.165, 1.54) is 12.5 Å². The van der Waals surface area contributed by atoms with Gasteiger partial charge in [0.05, 0.1) is 12.2 Å². The fraction of sp³-hybridized carbons (Fsp3) is 0.300. The van der Waals surface area contributed by atoms with E-state index in [2.05, 4.69) is 0 Å². The molecule has 0 saturated carbocycles. The Bertz CT molecular complexity index is 786. The van der Waals surface area contributed by atoms with Crippen molar-refractivity contribution < 1.29 is 14.3 Å². The van der Waals surface area contributed by atoms with Crippen LogP contribution in [-0.4, -0.2) is 36.4 Å². The first-order valence-corrected chi connectivity index (χ1v) is 8.30. The topological polar surface area (TPSA) is 49.9 Å². The van der Waals surface area contributed by atoms with E-state index in [1.807, 2.05) is 49.4 Å². The molecule has 1 aliphatic rings. The summed E-state index contributed by atoms with van der Waals surface area (Å²) in [7, 11) is 1.75. The maximum atomic E-state index is 12.8. The number of amides is 2. The molecule has 5 nitrogen and oxygen atoms in total. The van der Waals surface area contributed by atoms with Gasteiger partial charge in [0.25, 0.3) is 5.91 Å². The number of carbonyl (C=O) groups is 2. The highest BCUT2D eigenvalue weighted by atomic mass is 16.5. The molecule has 0 aromatic heterocycles. The second kappa shape index (κ2) is 6.97. The van der Waals surface area contributed by atoms with Gasteiger partial charge in [0.2, 0.25) is 5.91 Å². The minimum Gasteiger partial charge on any atom is -0.476 e. The standard InChI is InChI=1S/C20H22N2O3/c1-14-8-10-16(11-9-14)12-21(3)20(24)19-13-22(15(2)23)17-6-4-5-7-18(17)25-19/h4-11,19H,12-13H2,1-3H3. The summed E-state index contributed by atoms with van der Waals surface area (Å²) in [6, 6.07) is 15.4. The highest BCUT2D eigenvalue weighted by Gasteiger charge is 2.33. The molecular formula is C20H22N2O3. The summed E-state index contributed by atoms with van der Waals surface area (Å²) in [5, 5.41) is 0. The molecule has 2 aromatic rings. The monoisotopic (exact) mass is 338 g/mol. The number of likely N-dealkylation sites (N-methyl/N-ethyl adjacent to an activating group) is 1. The van der Waals surface area contributed by atoms with Gasteiger partial charge in [-0.05, 0) is 24.6 Å². The minimum atomic E-state index is -0.700. The van der Waals surface area contributed by atoms with Gasteiger partial charge in [-0.3, -0.25) is 9.59 Å². The van der Waals surface area contributed by atoms with Crippen molar-refractivity contribution in [3.05, 3.63) is 59.7 Å². The summed E-state index contributed by atoms with van der Waals surface area (Å²) in [4.78, 5) is 28.0. The number of para-hydroxylation sites is 2. The Morgan fingerprint density at radius 2 is 1.84 bits per heavy atom. The van der Waals surface area contributed by atoms with Crippen molar-refractivity contribution in [3.8, 4) is 5.75 Å². The lowest BCUT2D eigenvalue weighted by atomic mass is 10.1. The van der Waals surface area contributed by atoms with Gasteiger partial charge in [-0.2, -0.15) is 0 Å². The number of fused-ring (bicyclic) bond motifs is 1. The lowest BCUT2D eigenvalue weighted by molar-refractivity contribution is -0.138. The van der Waals surface area contributed by atoms with Crippen LogP contribution in [0.2, 0.25) is 0 Å². The maximum absolute atomic E-state index is 12.8. The summed E-state index contributed by atoms with van der Waals surface area (Å²) in [6.07, 6.45) is -0.700. The van der Waals surface area contributed by atoms with Crippen molar-refractivity contribution in [2.45, 2.75) is 26.5 Å². The van der Waals surface area contributed by atoms with E-state index in [0.717, 1.165) is 5.56 Å². The Morgan fingerprint density at radius 1 is 1.16 bits per heavy atom. The third-order valence-corrected chi connectivity index (χ3v) is 4.35. The van der Waals surface area contributed by atoms with E-state index >= 15 is 0 Å². The highest BCUT2D eigenvalue weighted by molar-refractivity contribution is 5.95. The average Bonchev–Trinajstić information content (AvgIpc) is 2.61. The zero-order chi connectivity index (χ0) is 18.0. The van der Waals surface area contributed by atoms with Gasteiger partial charge in [-0.25, -0.2) is 0 Å². The van der Waals surface area contributed by atoms with E-state index in [4.69, 9.17) is 4.74 Å². The zero-order valence-electron chi connectivity index (χ0n) is 14.7. The molecule has 0 saturated heterocycles. The molecule has 2 aromatic carbocycles. The van der Waals surface area contributed by atoms with Crippen LogP contribution in [0, 0.1) is 6.92 Å². The van der Waals surface area contributed by atoms with Gasteiger partial charge in [0, 0.05) is 20.5 Å². The van der Waals surface area contributed by atoms with Crippen LogP contribution >= 0.6 is 0 Å². The number of benzene rings is 2. The predicted molar refractivity (Wildman–Crippen MR) is 96.5 cm³/mol. The number of aryl methyl sites for hydroxylation is 1. The van der Waals surface area contributed by atoms with Crippen LogP contribution in [-0.2, 0) is 16.1 Å². The normalized spacial score (nSPS) is 16.0. The SMILES string of the molecule is CC(=O)N1CC(C(=O)N(C)Cc2ccc(C)cc2)Oc2ccccc21. The van der Waals surface area contributed by atoms with Crippen LogP contribution in [0.1, 0.15) is 18.1 Å². The molecule has 0 radical (unpaired) electrons. The van der Waals surface area contributed by atoms with Crippen LogP contribution in [0.25, 0.3) is 0 Å². The van der Waals surface area contributed by atoms with Gasteiger partial charge >= 0.3 is 0 Å². The number of rotatable bonds is 3. The van der Waals surface area contributed by atoms with Crippen molar-refractivity contribution in [1.82, 2.24) is 4.90 Å². The Labute approximate surface area is 147 Å². The summed E-state index contributed by atoms with van der Waals surface area (Å²) >= 11 is 0. The number of carbonyl (C=O) groups excluding carboxylic acids is 2. The molecule has 0 bridgehead atoms. The largest absolute Gasteiger partial charge is 0.476 e. The van der Waals surface area contributed by atoms with E-state index in [0.29, 0.717) is 18.0 Å². The first kappa shape index (κ1) is 17.0. The molecule has 0 aliphatic carbocycles. The van der Waals surface area contributed by atoms with Gasteiger partial charge in [0.1, 0.15) is 5.75 Å². The lowest BCUT2D eigenvalue weighted by Crippen LogP contribution is -2.50. The van der Waals surface area contributed by atoms with Crippen molar-refractivity contribution >= 4 is 17.5 Å². The molecule has 1 atom stereocenters. The number of ether oxygens (including phenoxy) is 1. The molecule has 130 valence electrons. The predicted octanol–water partition coefficient (Wildman–Crippen LogP) is 2.77. The Hall–Kier alpha value is -2.82. The molecular weight excluding hydrogens is 316 g/mol. The number of nitrogens with zero attached hydrogens (tertiary/aromatic N) is 2. The van der Waals surface area contributed by atoms with Crippen molar-refractivity contribution in [1.29, 1.82) is 0 Å². The van der Waals surface area contributed by atoms with E-state index in [1.54, 1.807) is 22.9 Å². The smallest absolute Gasteiger partial charge is 0.265 e. The van der Waals surface area contributed by atoms with E-state index < -0.39 is 6.10 Å². The van der Waals surface area contributed by atoms with E-state index in [9.17, 15) is 9.59 Å². The maximum Gasteiger partial charge on any atom is 0.265 e. The van der Waals surface area contributed by atoms with Crippen LogP contribution < -0.4 is 9.64 Å². The van der Waals surface area contributed by atoms with Gasteiger partial charge < -0.3 is 14.5 Å². The molecule has 1 unspecified atom stereocenters. The van der Waals surface area contributed by atoms with Crippen LogP contribution in [0.5, 0.6) is 5.75 Å². The molecule has 1 aliphatic heterocycles. The van der Waals surface area contributed by atoms with Gasteiger partial charge in [-0.1, -0.05) is 42.0 Å². The number of hydrogen-bond donors (Lipinski definition) is 0. The Kier molecular flexibility index (Phi) is 4.74. The van der Waals surface area contributed by atoms with Gasteiger partial charge in [0.15, 0.2) is 6.10 Å². The van der Waals surface area contributed by atoms with Crippen LogP contribution in [0.15, 0.2) is 48.5 Å². The molecule has 3 rings (SSSR count). The quantitative estimate of drug-likeness (QED) is 0.865. The van der Waals surface area contributed by atoms with E-state index in [-0.39, 0.29) is 18.4 Å². The first-order chi connectivity index (χ1) is 12.0. The third-order valence-electron chi connectivity index (χ3n) is 4.35. The molecule has 1 heterocycles. The molecule has 0 fully saturated rings. The fourth-order valence-corrected chi connectivity index (χ4v) is 2.95. The van der Waals surface area contributed by atoms with Crippen LogP contribution in [0.4, 0.5) is 5.69 Å². The Balaban J connectivity index is 1.76. The zero-order valence-corrected chi connectivity index (χ0v) is 14.7. The second-order valence-corrected chi connectivity index (χ2v) is 6.38. The number of anilines is 1. The Morgan fingerprint density at radius 3 is 2.52 bits per heavy atom. The van der Waals surface area contributed by atoms with Crippen molar-refractivity contribution in [3.63, 3.8) is 0 Å². The molecule has 5 heteroatoms. The first-order valence-electron chi connectivity index (χ1n) is 8.30. The molecule has 0 spiro atoms. The highest BCUT2D eigenvalue weighted by Crippen LogP contribution is 2.33. The number of hydrogen-bond acceptors (Lipinski definition) is 3. The third kappa shape index (κ3) is 3.65. The lowest BCUT2D eigenvalue weighted by Gasteiger charge is -2.35. The second-order valence-electron chi connectivity index (χ2n) is 6.38. The molecule has 0 N–H and O–H groups in total. The van der Waals surface area contributed by atoms with Gasteiger partial charge in [-0.15, -0.1) is 0 Å². The molecule has 2 amide bonds. The summed E-state index contributed by atoms with van der Waals surface area (Å²) in [5.41, 5.74) is 2.95. The van der Waals surface area contributed by atoms with Crippen molar-refractivity contribution in [2.75, 3.05) is 18.5 Å². The summed E-state index contributed by atoms with van der Waals surface area (Å²) in [6.45, 7) is 4.26. The minimum absolute atomic E-state index is 0.102. The van der Waals surface area contributed by atoms with Crippen LogP contribution in [0.3, 0.4) is 0 Å². The fourth-order valence-electron chi connectivity index (χ4n) is 2.95. The summed E-state index contributed by atoms with van der Waals surface area (Å²) < 4.78 is 5.87. The molecule has 25 heavy (non-hydrogen) atoms. The average molecular weight is 338 g/mol. The van der Waals surface area contributed by atoms with Crippen molar-refractivity contribution in [2.24, 2.45) is 0 Å².